The quantitative estimate of drug-likeness (QED) is 0.117. The highest BCUT2D eigenvalue weighted by Gasteiger charge is 2.39. The Kier molecular flexibility index (Phi) is 12.9. The van der Waals surface area contributed by atoms with Crippen LogP contribution in [-0.4, -0.2) is 43.7 Å². The summed E-state index contributed by atoms with van der Waals surface area (Å²) in [6, 6.07) is 35.7. The van der Waals surface area contributed by atoms with E-state index in [1.165, 1.54) is 26.6 Å². The summed E-state index contributed by atoms with van der Waals surface area (Å²) in [5, 5.41) is 2.42. The minimum absolute atomic E-state index is 0.0693. The lowest BCUT2D eigenvalue weighted by Crippen LogP contribution is -2.40. The average Bonchev–Trinajstić information content (AvgIpc) is 3.56. The molecule has 1 aliphatic heterocycles. The minimum atomic E-state index is -0.311. The molecule has 0 bridgehead atoms. The van der Waals surface area contributed by atoms with Crippen molar-refractivity contribution in [3.63, 3.8) is 0 Å². The maximum absolute atomic E-state index is 12.6. The highest BCUT2D eigenvalue weighted by atomic mass is 32.2. The number of Topliss-reactive ketones (excluding diaryl/α,β-unsaturated/α-hetero) is 3. The molecule has 290 valence electrons. The molecule has 3 aliphatic rings. The molecule has 0 radical (unpaired) electrons. The molecule has 4 aromatic carbocycles. The number of benzene rings is 4. The molecule has 5 aromatic rings. The smallest absolute Gasteiger partial charge is 0.282 e. The Morgan fingerprint density at radius 3 is 2.28 bits per heavy atom. The molecule has 0 spiro atoms. The number of pyridine rings is 1. The molecule has 0 fully saturated rings. The minimum Gasteiger partial charge on any atom is -0.338 e. The molecular formula is C49H50N3O3S2+. The van der Waals surface area contributed by atoms with Crippen LogP contribution in [0.3, 0.4) is 0 Å². The van der Waals surface area contributed by atoms with Crippen LogP contribution < -0.4 is 14.4 Å². The molecule has 6 nitrogen and oxygen atoms in total. The molecule has 0 N–H and O–H groups in total. The van der Waals surface area contributed by atoms with Crippen molar-refractivity contribution in [2.45, 2.75) is 50.2 Å². The van der Waals surface area contributed by atoms with Crippen LogP contribution in [0, 0.1) is 11.8 Å². The van der Waals surface area contributed by atoms with Gasteiger partial charge in [-0.25, -0.2) is 0 Å². The lowest BCUT2D eigenvalue weighted by molar-refractivity contribution is -0.553. The summed E-state index contributed by atoms with van der Waals surface area (Å²) in [6.07, 6.45) is 12.8. The van der Waals surface area contributed by atoms with Crippen molar-refractivity contribution < 1.29 is 19.0 Å². The summed E-state index contributed by atoms with van der Waals surface area (Å²) in [7, 11) is 4.28. The van der Waals surface area contributed by atoms with Crippen molar-refractivity contribution in [3.05, 3.63) is 155 Å². The van der Waals surface area contributed by atoms with E-state index >= 15 is 0 Å². The van der Waals surface area contributed by atoms with Crippen LogP contribution >= 0.6 is 23.5 Å². The number of aromatic nitrogens is 1. The van der Waals surface area contributed by atoms with Gasteiger partial charge in [0.2, 0.25) is 0 Å². The van der Waals surface area contributed by atoms with Gasteiger partial charge in [-0.3, -0.25) is 19.3 Å². The Hall–Kier alpha value is -5.18. The first kappa shape index (κ1) is 40.0. The molecule has 2 atom stereocenters. The molecule has 0 saturated carbocycles. The van der Waals surface area contributed by atoms with E-state index in [2.05, 4.69) is 133 Å². The SMILES string of the molecule is CCCC(=O)CCCN(C)c1cc(C=C2Sc3ccccc3N2C)c2ccccc2[n+]1-c1ccccc1.CCSCc1ccc2c(c1)C(=O)C1C=CC=CC1C2=O. The summed E-state index contributed by atoms with van der Waals surface area (Å²) in [5.41, 5.74) is 7.02. The molecule has 8 heteroatoms. The van der Waals surface area contributed by atoms with Crippen molar-refractivity contribution in [2.24, 2.45) is 11.8 Å². The standard InChI is InChI=1S/C32H34N3OS.C17H16O2S/c1-4-13-26(36)16-12-21-33(2)31-22-24(23-32-34(3)29-19-10-11-20-30(29)37-32)27-17-8-9-18-28(27)35(31)25-14-6-5-7-15-25;1-2-20-10-11-7-8-14-15(9-11)17(19)13-6-4-3-5-12(13)16(14)18/h5-11,14-15,17-20,22-23H,4,12-13,16,21H2,1-3H3;3-9,12-13H,2,10H2,1H3/q+1;. The van der Waals surface area contributed by atoms with Gasteiger partial charge in [0.25, 0.3) is 5.82 Å². The van der Waals surface area contributed by atoms with E-state index < -0.39 is 0 Å². The van der Waals surface area contributed by atoms with Gasteiger partial charge in [0.15, 0.2) is 11.6 Å². The fraction of sp³-hybridized carbons (Fsp3) is 0.265. The Labute approximate surface area is 345 Å². The van der Waals surface area contributed by atoms with E-state index in [0.29, 0.717) is 29.8 Å². The number of ketones is 3. The molecule has 0 amide bonds. The van der Waals surface area contributed by atoms with Crippen LogP contribution in [0.4, 0.5) is 11.5 Å². The van der Waals surface area contributed by atoms with E-state index in [-0.39, 0.29) is 23.4 Å². The Morgan fingerprint density at radius 1 is 0.842 bits per heavy atom. The van der Waals surface area contributed by atoms with E-state index in [0.717, 1.165) is 53.5 Å². The van der Waals surface area contributed by atoms with E-state index in [9.17, 15) is 14.4 Å². The van der Waals surface area contributed by atoms with E-state index in [1.807, 2.05) is 66.0 Å². The van der Waals surface area contributed by atoms with E-state index in [1.54, 1.807) is 0 Å². The molecule has 2 aliphatic carbocycles. The average molecular weight is 793 g/mol. The summed E-state index contributed by atoms with van der Waals surface area (Å²) >= 11 is 3.63. The maximum atomic E-state index is 12.6. The van der Waals surface area contributed by atoms with Crippen LogP contribution in [0.1, 0.15) is 71.4 Å². The number of anilines is 2. The van der Waals surface area contributed by atoms with Crippen LogP contribution in [-0.2, 0) is 10.5 Å². The fourth-order valence-corrected chi connectivity index (χ4v) is 9.49. The number of thioether (sulfide) groups is 2. The van der Waals surface area contributed by atoms with Crippen LogP contribution in [0.25, 0.3) is 22.7 Å². The van der Waals surface area contributed by atoms with E-state index in [4.69, 9.17) is 0 Å². The molecule has 8 rings (SSSR count). The second-order valence-corrected chi connectivity index (χ2v) is 17.0. The predicted octanol–water partition coefficient (Wildman–Crippen LogP) is 10.9. The Balaban J connectivity index is 0.000000208. The van der Waals surface area contributed by atoms with Crippen molar-refractivity contribution in [1.82, 2.24) is 0 Å². The third-order valence-corrected chi connectivity index (χ3v) is 12.8. The van der Waals surface area contributed by atoms with Gasteiger partial charge in [-0.1, -0.05) is 111 Å². The zero-order valence-corrected chi connectivity index (χ0v) is 34.8. The monoisotopic (exact) mass is 792 g/mol. The second-order valence-electron chi connectivity index (χ2n) is 14.6. The van der Waals surface area contributed by atoms with Crippen LogP contribution in [0.5, 0.6) is 0 Å². The van der Waals surface area contributed by atoms with Gasteiger partial charge in [0.05, 0.1) is 36.1 Å². The van der Waals surface area contributed by atoms with Gasteiger partial charge in [-0.15, -0.1) is 0 Å². The van der Waals surface area contributed by atoms with Crippen molar-refractivity contribution in [2.75, 3.05) is 36.2 Å². The number of para-hydroxylation sites is 3. The zero-order valence-electron chi connectivity index (χ0n) is 33.2. The van der Waals surface area contributed by atoms with Crippen molar-refractivity contribution in [1.29, 1.82) is 0 Å². The first-order valence-electron chi connectivity index (χ1n) is 19.9. The fourth-order valence-electron chi connectivity index (χ4n) is 7.76. The van der Waals surface area contributed by atoms with Gasteiger partial charge < -0.3 is 4.90 Å². The Morgan fingerprint density at radius 2 is 1.54 bits per heavy atom. The molecule has 1 aromatic heterocycles. The van der Waals surface area contributed by atoms with Crippen molar-refractivity contribution in [3.8, 4) is 5.69 Å². The third-order valence-electron chi connectivity index (χ3n) is 10.7. The lowest BCUT2D eigenvalue weighted by Gasteiger charge is -2.28. The van der Waals surface area contributed by atoms with Gasteiger partial charge in [0, 0.05) is 53.1 Å². The van der Waals surface area contributed by atoms with Gasteiger partial charge in [-0.2, -0.15) is 16.3 Å². The number of carbonyl (C=O) groups excluding carboxylic acids is 3. The third kappa shape index (κ3) is 8.73. The molecular weight excluding hydrogens is 743 g/mol. The summed E-state index contributed by atoms with van der Waals surface area (Å²) < 4.78 is 2.34. The molecule has 2 heterocycles. The number of nitrogens with zero attached hydrogens (tertiary/aromatic N) is 3. The number of fused-ring (bicyclic) bond motifs is 4. The highest BCUT2D eigenvalue weighted by molar-refractivity contribution is 8.03. The number of hydrogen-bond donors (Lipinski definition) is 0. The number of rotatable bonds is 12. The Bertz CT molecular complexity index is 2380. The molecule has 57 heavy (non-hydrogen) atoms. The molecule has 0 saturated heterocycles. The summed E-state index contributed by atoms with van der Waals surface area (Å²) in [4.78, 5) is 43.1. The first-order valence-corrected chi connectivity index (χ1v) is 21.9. The topological polar surface area (TPSA) is 61.6 Å². The molecule has 2 unspecified atom stereocenters. The normalized spacial score (nSPS) is 17.3. The lowest BCUT2D eigenvalue weighted by atomic mass is 9.72. The number of allylic oxidation sites excluding steroid dienone is 4. The largest absolute Gasteiger partial charge is 0.338 e. The van der Waals surface area contributed by atoms with Gasteiger partial charge in [-0.05, 0) is 72.2 Å². The second kappa shape index (κ2) is 18.4. The summed E-state index contributed by atoms with van der Waals surface area (Å²) in [5.74, 6) is 2.93. The number of carbonyl (C=O) groups is 3. The van der Waals surface area contributed by atoms with Crippen LogP contribution in [0.15, 0.2) is 137 Å². The van der Waals surface area contributed by atoms with Crippen molar-refractivity contribution >= 4 is 69.4 Å². The maximum Gasteiger partial charge on any atom is 0.282 e. The van der Waals surface area contributed by atoms with Gasteiger partial charge >= 0.3 is 0 Å². The predicted molar refractivity (Wildman–Crippen MR) is 239 cm³/mol. The number of hydrogen-bond acceptors (Lipinski definition) is 7. The first-order chi connectivity index (χ1) is 27.8. The highest BCUT2D eigenvalue weighted by Crippen LogP contribution is 2.46. The zero-order chi connectivity index (χ0) is 39.9. The van der Waals surface area contributed by atoms with Crippen LogP contribution in [0.2, 0.25) is 0 Å². The summed E-state index contributed by atoms with van der Waals surface area (Å²) in [6.45, 7) is 4.99. The van der Waals surface area contributed by atoms with Gasteiger partial charge in [0.1, 0.15) is 17.0 Å².